The van der Waals surface area contributed by atoms with Gasteiger partial charge in [-0.15, -0.1) is 0 Å². The van der Waals surface area contributed by atoms with Crippen molar-refractivity contribution in [2.45, 2.75) is 18.6 Å². The smallest absolute Gasteiger partial charge is 0.285 e. The number of carbonyl (C=O) groups excluding carboxylic acids is 4. The quantitative estimate of drug-likeness (QED) is 0.587. The van der Waals surface area contributed by atoms with Crippen molar-refractivity contribution in [2.24, 2.45) is 0 Å². The van der Waals surface area contributed by atoms with Gasteiger partial charge in [-0.05, 0) is 0 Å². The lowest BCUT2D eigenvalue weighted by atomic mass is 10.0. The average molecular weight is 278 g/mol. The summed E-state index contributed by atoms with van der Waals surface area (Å²) in [7, 11) is 0. The molecule has 7 heteroatoms. The Morgan fingerprint density at radius 2 is 1.60 bits per heavy atom. The number of nitrogens with one attached hydrogen (secondary N) is 1. The van der Waals surface area contributed by atoms with Crippen LogP contribution in [-0.2, 0) is 19.2 Å². The molecule has 20 heavy (non-hydrogen) atoms. The van der Waals surface area contributed by atoms with Gasteiger partial charge < -0.3 is 0 Å². The van der Waals surface area contributed by atoms with Crippen LogP contribution in [0.3, 0.4) is 0 Å². The van der Waals surface area contributed by atoms with Gasteiger partial charge in [0.25, 0.3) is 23.5 Å². The summed E-state index contributed by atoms with van der Waals surface area (Å²) in [6.07, 6.45) is 1.34. The maximum atomic E-state index is 14.8. The number of hydrogen-bond acceptors (Lipinski definition) is 4. The normalized spacial score (nSPS) is 26.9. The molecule has 0 aromatic rings. The third kappa shape index (κ3) is 1.70. The second-order valence-electron chi connectivity index (χ2n) is 4.32. The van der Waals surface area contributed by atoms with Crippen molar-refractivity contribution >= 4 is 23.6 Å². The van der Waals surface area contributed by atoms with Gasteiger partial charge in [-0.2, -0.15) is 0 Å². The first kappa shape index (κ1) is 13.9. The number of halogens is 1. The van der Waals surface area contributed by atoms with Crippen molar-refractivity contribution < 1.29 is 23.6 Å². The average Bonchev–Trinajstić information content (AvgIpc) is 2.65. The molecular weight excluding hydrogens is 267 g/mol. The van der Waals surface area contributed by atoms with Crippen molar-refractivity contribution in [1.29, 1.82) is 0 Å². The number of alkyl halides is 1. The van der Waals surface area contributed by atoms with Gasteiger partial charge in [0.15, 0.2) is 0 Å². The number of amides is 4. The number of imide groups is 2. The largest absolute Gasteiger partial charge is 0.292 e. The lowest BCUT2D eigenvalue weighted by Gasteiger charge is -2.34. The third-order valence-corrected chi connectivity index (χ3v) is 3.20. The standard InChI is InChI=1S/C13H11FN2O4/c1-3-7-8(4-2)11(19)16(10(7)18)13(14)6-5-9(17)15-12(13)20/h3-4H,1-2,5-6H2,(H,15,17,20). The molecule has 2 aliphatic heterocycles. The number of nitrogens with zero attached hydrogens (tertiary/aromatic N) is 1. The van der Waals surface area contributed by atoms with Crippen LogP contribution in [0.5, 0.6) is 0 Å². The van der Waals surface area contributed by atoms with Crippen LogP contribution in [0.4, 0.5) is 4.39 Å². The SMILES string of the molecule is C=CC1=C(C=C)C(=O)N(C2(F)CCC(=O)NC2=O)C1=O. The van der Waals surface area contributed by atoms with Gasteiger partial charge in [0.05, 0.1) is 11.1 Å². The van der Waals surface area contributed by atoms with Gasteiger partial charge >= 0.3 is 0 Å². The summed E-state index contributed by atoms with van der Waals surface area (Å²) < 4.78 is 14.8. The topological polar surface area (TPSA) is 83.6 Å². The Morgan fingerprint density at radius 1 is 1.10 bits per heavy atom. The lowest BCUT2D eigenvalue weighted by molar-refractivity contribution is -0.170. The minimum Gasteiger partial charge on any atom is -0.292 e. The van der Waals surface area contributed by atoms with E-state index < -0.39 is 35.8 Å². The molecular formula is C13H11FN2O4. The second kappa shape index (κ2) is 4.52. The molecule has 6 nitrogen and oxygen atoms in total. The summed E-state index contributed by atoms with van der Waals surface area (Å²) in [5, 5.41) is 1.78. The summed E-state index contributed by atoms with van der Waals surface area (Å²) in [6, 6.07) is 0. The molecule has 1 saturated heterocycles. The molecule has 0 aromatic carbocycles. The Morgan fingerprint density at radius 3 is 2.00 bits per heavy atom. The minimum absolute atomic E-state index is 0.119. The first-order valence-corrected chi connectivity index (χ1v) is 5.78. The summed E-state index contributed by atoms with van der Waals surface area (Å²) >= 11 is 0. The predicted octanol–water partition coefficient (Wildman–Crippen LogP) is 0.126. The highest BCUT2D eigenvalue weighted by molar-refractivity contribution is 6.24. The van der Waals surface area contributed by atoms with E-state index in [0.29, 0.717) is 0 Å². The molecule has 0 bridgehead atoms. The van der Waals surface area contributed by atoms with E-state index in [1.54, 1.807) is 5.32 Å². The van der Waals surface area contributed by atoms with E-state index in [9.17, 15) is 23.6 Å². The van der Waals surface area contributed by atoms with Crippen LogP contribution in [0.25, 0.3) is 0 Å². The van der Waals surface area contributed by atoms with E-state index in [0.717, 1.165) is 12.2 Å². The molecule has 0 radical (unpaired) electrons. The molecule has 1 unspecified atom stereocenters. The van der Waals surface area contributed by atoms with Crippen LogP contribution >= 0.6 is 0 Å². The Bertz CT molecular complexity index is 577. The highest BCUT2D eigenvalue weighted by Gasteiger charge is 2.56. The molecule has 1 atom stereocenters. The molecule has 0 saturated carbocycles. The highest BCUT2D eigenvalue weighted by Crippen LogP contribution is 2.35. The van der Waals surface area contributed by atoms with E-state index in [4.69, 9.17) is 0 Å². The van der Waals surface area contributed by atoms with Crippen LogP contribution in [0.15, 0.2) is 36.5 Å². The summed E-state index contributed by atoms with van der Waals surface area (Å²) in [4.78, 5) is 47.1. The molecule has 2 rings (SSSR count). The van der Waals surface area contributed by atoms with Crippen LogP contribution in [0, 0.1) is 0 Å². The van der Waals surface area contributed by atoms with Crippen molar-refractivity contribution in [2.75, 3.05) is 0 Å². The Kier molecular flexibility index (Phi) is 3.13. The van der Waals surface area contributed by atoms with Crippen LogP contribution in [-0.4, -0.2) is 34.3 Å². The van der Waals surface area contributed by atoms with Gasteiger partial charge in [0.1, 0.15) is 0 Å². The van der Waals surface area contributed by atoms with Gasteiger partial charge in [-0.1, -0.05) is 25.3 Å². The molecule has 0 spiro atoms. The van der Waals surface area contributed by atoms with Crippen molar-refractivity contribution in [1.82, 2.24) is 10.2 Å². The van der Waals surface area contributed by atoms with Gasteiger partial charge in [-0.25, -0.2) is 9.29 Å². The maximum Gasteiger partial charge on any atom is 0.285 e. The molecule has 2 heterocycles. The molecule has 2 aliphatic rings. The fourth-order valence-corrected chi connectivity index (χ4v) is 2.17. The second-order valence-corrected chi connectivity index (χ2v) is 4.32. The zero-order valence-corrected chi connectivity index (χ0v) is 10.4. The number of rotatable bonds is 3. The van der Waals surface area contributed by atoms with Crippen LogP contribution in [0.2, 0.25) is 0 Å². The number of carbonyl (C=O) groups is 4. The van der Waals surface area contributed by atoms with Crippen LogP contribution in [0.1, 0.15) is 12.8 Å². The highest BCUT2D eigenvalue weighted by atomic mass is 19.1. The Hall–Kier alpha value is -2.57. The lowest BCUT2D eigenvalue weighted by Crippen LogP contribution is -2.62. The predicted molar refractivity (Wildman–Crippen MR) is 65.5 cm³/mol. The van der Waals surface area contributed by atoms with Crippen molar-refractivity contribution in [3.05, 3.63) is 36.5 Å². The summed E-state index contributed by atoms with van der Waals surface area (Å²) in [6.45, 7) is 6.75. The summed E-state index contributed by atoms with van der Waals surface area (Å²) in [5.41, 5.74) is -0.238. The van der Waals surface area contributed by atoms with E-state index in [-0.39, 0.29) is 22.5 Å². The zero-order valence-electron chi connectivity index (χ0n) is 10.4. The maximum absolute atomic E-state index is 14.8. The number of piperidine rings is 1. The summed E-state index contributed by atoms with van der Waals surface area (Å²) in [5.74, 6) is -6.77. The minimum atomic E-state index is -2.87. The fraction of sp³-hybridized carbons (Fsp3) is 0.231. The fourth-order valence-electron chi connectivity index (χ4n) is 2.17. The van der Waals surface area contributed by atoms with E-state index in [1.807, 2.05) is 0 Å². The van der Waals surface area contributed by atoms with Crippen molar-refractivity contribution in [3.8, 4) is 0 Å². The zero-order chi connectivity index (χ0) is 15.1. The van der Waals surface area contributed by atoms with Crippen molar-refractivity contribution in [3.63, 3.8) is 0 Å². The molecule has 4 amide bonds. The first-order chi connectivity index (χ1) is 9.36. The molecule has 1 N–H and O–H groups in total. The number of hydrogen-bond donors (Lipinski definition) is 1. The Labute approximate surface area is 113 Å². The molecule has 1 fully saturated rings. The third-order valence-electron chi connectivity index (χ3n) is 3.20. The van der Waals surface area contributed by atoms with Crippen LogP contribution < -0.4 is 5.32 Å². The Balaban J connectivity index is 2.45. The first-order valence-electron chi connectivity index (χ1n) is 5.78. The van der Waals surface area contributed by atoms with Gasteiger partial charge in [0.2, 0.25) is 5.91 Å². The van der Waals surface area contributed by atoms with E-state index >= 15 is 0 Å². The van der Waals surface area contributed by atoms with Gasteiger partial charge in [-0.3, -0.25) is 24.5 Å². The molecule has 0 aliphatic carbocycles. The van der Waals surface area contributed by atoms with Gasteiger partial charge in [0, 0.05) is 12.8 Å². The molecule has 0 aromatic heterocycles. The van der Waals surface area contributed by atoms with E-state index in [1.165, 1.54) is 0 Å². The molecule has 104 valence electrons. The monoisotopic (exact) mass is 278 g/mol. The van der Waals surface area contributed by atoms with E-state index in [2.05, 4.69) is 13.2 Å².